The van der Waals surface area contributed by atoms with E-state index in [0.717, 1.165) is 36.0 Å². The van der Waals surface area contributed by atoms with Crippen LogP contribution in [0.15, 0.2) is 41.4 Å². The maximum Gasteiger partial charge on any atom is 0.193 e. The predicted octanol–water partition coefficient (Wildman–Crippen LogP) is 4.54. The molecule has 158 valence electrons. The van der Waals surface area contributed by atoms with Crippen molar-refractivity contribution < 1.29 is 9.47 Å². The number of aryl methyl sites for hydroxylation is 1. The van der Waals surface area contributed by atoms with Gasteiger partial charge in [-0.25, -0.2) is 0 Å². The fraction of sp³-hybridized carbons (Fsp3) is 0.381. The molecule has 0 radical (unpaired) electrons. The number of nitrogens with one attached hydrogen (secondary N) is 1. The number of halogens is 2. The summed E-state index contributed by atoms with van der Waals surface area (Å²) in [6, 6.07) is 11.5. The van der Waals surface area contributed by atoms with E-state index < -0.39 is 0 Å². The minimum atomic E-state index is 0. The number of methoxy groups -OCH3 is 2. The number of rotatable bonds is 6. The predicted molar refractivity (Wildman–Crippen MR) is 132 cm³/mol. The highest BCUT2D eigenvalue weighted by molar-refractivity contribution is 14.0. The number of aliphatic imine (C=N–C) groups is 1. The molecule has 1 aliphatic heterocycles. The molecule has 29 heavy (non-hydrogen) atoms. The van der Waals surface area contributed by atoms with Crippen LogP contribution in [0.2, 0.25) is 5.02 Å². The summed E-state index contributed by atoms with van der Waals surface area (Å²) in [6.45, 7) is 4.72. The highest BCUT2D eigenvalue weighted by atomic mass is 127. The number of nitrogens with zero attached hydrogens (tertiary/aromatic N) is 2. The number of hydrogen-bond donors (Lipinski definition) is 2. The zero-order valence-electron chi connectivity index (χ0n) is 16.9. The van der Waals surface area contributed by atoms with Crippen LogP contribution in [0.5, 0.6) is 11.5 Å². The molecule has 1 saturated heterocycles. The van der Waals surface area contributed by atoms with E-state index in [0.29, 0.717) is 24.2 Å². The van der Waals surface area contributed by atoms with Gasteiger partial charge in [0.05, 0.1) is 19.9 Å². The van der Waals surface area contributed by atoms with E-state index in [1.165, 1.54) is 11.3 Å². The van der Waals surface area contributed by atoms with Crippen molar-refractivity contribution in [1.82, 2.24) is 0 Å². The highest BCUT2D eigenvalue weighted by Crippen LogP contribution is 2.30. The fourth-order valence-electron chi connectivity index (χ4n) is 3.44. The van der Waals surface area contributed by atoms with E-state index in [1.54, 1.807) is 14.2 Å². The average molecular weight is 531 g/mol. The molecule has 3 N–H and O–H groups in total. The fourth-order valence-corrected chi connectivity index (χ4v) is 3.61. The Morgan fingerprint density at radius 3 is 2.76 bits per heavy atom. The van der Waals surface area contributed by atoms with Crippen LogP contribution in [-0.4, -0.2) is 39.8 Å². The molecule has 1 atom stereocenters. The van der Waals surface area contributed by atoms with Crippen molar-refractivity contribution in [1.29, 1.82) is 0 Å². The lowest BCUT2D eigenvalue weighted by atomic mass is 10.1. The molecule has 8 heteroatoms. The quantitative estimate of drug-likeness (QED) is 0.326. The van der Waals surface area contributed by atoms with E-state index in [-0.39, 0.29) is 24.0 Å². The Balaban J connectivity index is 0.00000300. The zero-order valence-corrected chi connectivity index (χ0v) is 20.0. The van der Waals surface area contributed by atoms with Crippen molar-refractivity contribution in [2.45, 2.75) is 13.3 Å². The van der Waals surface area contributed by atoms with E-state index in [2.05, 4.69) is 28.2 Å². The van der Waals surface area contributed by atoms with Crippen LogP contribution in [0.4, 0.5) is 11.4 Å². The van der Waals surface area contributed by atoms with Gasteiger partial charge in [-0.15, -0.1) is 24.0 Å². The van der Waals surface area contributed by atoms with Gasteiger partial charge in [-0.3, -0.25) is 4.99 Å². The first-order valence-electron chi connectivity index (χ1n) is 9.30. The molecule has 2 aromatic carbocycles. The van der Waals surface area contributed by atoms with Crippen LogP contribution in [0, 0.1) is 12.8 Å². The Morgan fingerprint density at radius 1 is 1.24 bits per heavy atom. The maximum absolute atomic E-state index is 6.17. The lowest BCUT2D eigenvalue weighted by Gasteiger charge is -2.21. The second-order valence-corrected chi connectivity index (χ2v) is 7.39. The third kappa shape index (κ3) is 6.05. The molecule has 0 spiro atoms. The number of ether oxygens (including phenoxy) is 2. The summed E-state index contributed by atoms with van der Waals surface area (Å²) >= 11 is 6.17. The molecular formula is C21H28ClIN4O2. The average Bonchev–Trinajstić information content (AvgIpc) is 3.17. The van der Waals surface area contributed by atoms with Gasteiger partial charge in [-0.2, -0.15) is 0 Å². The SMILES string of the molecule is COc1ccc(OC)c(NC(N)=NCC2CCN(c3cc(Cl)ccc3C)C2)c1.I. The van der Waals surface area contributed by atoms with Gasteiger partial charge in [0, 0.05) is 36.4 Å². The summed E-state index contributed by atoms with van der Waals surface area (Å²) in [5, 5.41) is 3.88. The Kier molecular flexibility index (Phi) is 8.70. The van der Waals surface area contributed by atoms with E-state index in [9.17, 15) is 0 Å². The van der Waals surface area contributed by atoms with Crippen LogP contribution in [0.1, 0.15) is 12.0 Å². The first-order valence-corrected chi connectivity index (χ1v) is 9.68. The Labute approximate surface area is 194 Å². The topological polar surface area (TPSA) is 72.1 Å². The molecule has 0 aromatic heterocycles. The lowest BCUT2D eigenvalue weighted by molar-refractivity contribution is 0.405. The molecule has 2 aromatic rings. The molecule has 1 heterocycles. The largest absolute Gasteiger partial charge is 0.497 e. The smallest absolute Gasteiger partial charge is 0.193 e. The first kappa shape index (κ1) is 23.4. The highest BCUT2D eigenvalue weighted by Gasteiger charge is 2.23. The van der Waals surface area contributed by atoms with Gasteiger partial charge in [0.15, 0.2) is 5.96 Å². The summed E-state index contributed by atoms with van der Waals surface area (Å²) in [4.78, 5) is 6.91. The van der Waals surface area contributed by atoms with Crippen molar-refractivity contribution in [3.63, 3.8) is 0 Å². The lowest BCUT2D eigenvalue weighted by Crippen LogP contribution is -2.25. The van der Waals surface area contributed by atoms with Crippen molar-refractivity contribution >= 4 is 52.9 Å². The molecule has 3 rings (SSSR count). The van der Waals surface area contributed by atoms with Crippen molar-refractivity contribution in [2.24, 2.45) is 16.6 Å². The second-order valence-electron chi connectivity index (χ2n) is 6.95. The van der Waals surface area contributed by atoms with E-state index >= 15 is 0 Å². The maximum atomic E-state index is 6.17. The minimum Gasteiger partial charge on any atom is -0.497 e. The van der Waals surface area contributed by atoms with Crippen LogP contribution in [0.25, 0.3) is 0 Å². The van der Waals surface area contributed by atoms with Gasteiger partial charge < -0.3 is 25.4 Å². The minimum absolute atomic E-state index is 0. The summed E-state index contributed by atoms with van der Waals surface area (Å²) in [7, 11) is 3.24. The Hall–Kier alpha value is -1.87. The molecule has 1 aliphatic rings. The first-order chi connectivity index (χ1) is 13.5. The molecule has 0 aliphatic carbocycles. The normalized spacial score (nSPS) is 16.3. The second kappa shape index (κ2) is 10.8. The summed E-state index contributed by atoms with van der Waals surface area (Å²) < 4.78 is 10.6. The summed E-state index contributed by atoms with van der Waals surface area (Å²) in [5.41, 5.74) is 9.26. The Bertz CT molecular complexity index is 863. The van der Waals surface area contributed by atoms with Gasteiger partial charge in [0.25, 0.3) is 0 Å². The van der Waals surface area contributed by atoms with Gasteiger partial charge in [0.2, 0.25) is 0 Å². The number of guanidine groups is 1. The zero-order chi connectivity index (χ0) is 20.1. The van der Waals surface area contributed by atoms with Crippen LogP contribution < -0.4 is 25.4 Å². The summed E-state index contributed by atoms with van der Waals surface area (Å²) in [5.74, 6) is 2.22. The Morgan fingerprint density at radius 2 is 2.03 bits per heavy atom. The van der Waals surface area contributed by atoms with Gasteiger partial charge >= 0.3 is 0 Å². The third-order valence-corrected chi connectivity index (χ3v) is 5.22. The van der Waals surface area contributed by atoms with Crippen molar-refractivity contribution in [3.8, 4) is 11.5 Å². The number of anilines is 2. The third-order valence-electron chi connectivity index (χ3n) is 4.99. The monoisotopic (exact) mass is 530 g/mol. The van der Waals surface area contributed by atoms with Gasteiger partial charge in [0.1, 0.15) is 11.5 Å². The molecule has 6 nitrogen and oxygen atoms in total. The van der Waals surface area contributed by atoms with Gasteiger partial charge in [-0.05, 0) is 49.1 Å². The van der Waals surface area contributed by atoms with Crippen molar-refractivity contribution in [2.75, 3.05) is 44.1 Å². The number of hydrogen-bond acceptors (Lipinski definition) is 4. The van der Waals surface area contributed by atoms with E-state index in [4.69, 9.17) is 26.8 Å². The molecule has 1 unspecified atom stereocenters. The van der Waals surface area contributed by atoms with Crippen LogP contribution in [0.3, 0.4) is 0 Å². The molecule has 1 fully saturated rings. The molecule has 0 amide bonds. The number of benzene rings is 2. The van der Waals surface area contributed by atoms with Crippen LogP contribution >= 0.6 is 35.6 Å². The molecule has 0 saturated carbocycles. The standard InChI is InChI=1S/C21H27ClN4O2.HI/c1-14-4-5-16(22)10-19(14)26-9-8-15(13-26)12-24-21(23)25-18-11-17(27-2)6-7-20(18)28-3;/h4-7,10-11,15H,8-9,12-13H2,1-3H3,(H3,23,24,25);1H. The molecular weight excluding hydrogens is 503 g/mol. The van der Waals surface area contributed by atoms with Crippen molar-refractivity contribution in [3.05, 3.63) is 47.0 Å². The van der Waals surface area contributed by atoms with Gasteiger partial charge in [-0.1, -0.05) is 17.7 Å². The van der Waals surface area contributed by atoms with Crippen LogP contribution in [-0.2, 0) is 0 Å². The number of nitrogens with two attached hydrogens (primary N) is 1. The van der Waals surface area contributed by atoms with E-state index in [1.807, 2.05) is 30.3 Å². The molecule has 0 bridgehead atoms. The summed E-state index contributed by atoms with van der Waals surface area (Å²) in [6.07, 6.45) is 1.07.